The highest BCUT2D eigenvalue weighted by Gasteiger charge is 2.35. The van der Waals surface area contributed by atoms with Crippen LogP contribution in [0.2, 0.25) is 0 Å². The molecule has 5 nitrogen and oxygen atoms in total. The fraction of sp³-hybridized carbons (Fsp3) is 0.429. The first kappa shape index (κ1) is 14.9. The molecule has 1 aromatic carbocycles. The summed E-state index contributed by atoms with van der Waals surface area (Å²) in [5.41, 5.74) is 0.966. The summed E-state index contributed by atoms with van der Waals surface area (Å²) in [7, 11) is -1.42. The lowest BCUT2D eigenvalue weighted by atomic mass is 10.1. The molecule has 108 valence electrons. The van der Waals surface area contributed by atoms with Crippen LogP contribution in [0.5, 0.6) is 0 Å². The summed E-state index contributed by atoms with van der Waals surface area (Å²) in [6.07, 6.45) is 0.367. The number of benzene rings is 1. The lowest BCUT2D eigenvalue weighted by molar-refractivity contribution is -0.118. The van der Waals surface area contributed by atoms with Crippen LogP contribution in [0.4, 0.5) is 5.69 Å². The Labute approximate surface area is 120 Å². The average molecular weight is 295 g/mol. The number of aliphatic hydroxyl groups excluding tert-OH is 1. The zero-order valence-electron chi connectivity index (χ0n) is 11.5. The van der Waals surface area contributed by atoms with E-state index in [1.54, 1.807) is 32.0 Å². The van der Waals surface area contributed by atoms with Crippen molar-refractivity contribution in [3.05, 3.63) is 23.8 Å². The highest BCUT2D eigenvalue weighted by atomic mass is 32.2. The van der Waals surface area contributed by atoms with Crippen LogP contribution in [0.1, 0.15) is 30.6 Å². The van der Waals surface area contributed by atoms with E-state index < -0.39 is 16.0 Å². The maximum Gasteiger partial charge on any atom is 0.242 e. The monoisotopic (exact) mass is 295 g/mol. The molecule has 0 saturated heterocycles. The largest absolute Gasteiger partial charge is 0.395 e. The Morgan fingerprint density at radius 1 is 1.45 bits per heavy atom. The molecule has 2 rings (SSSR count). The molecule has 1 N–H and O–H groups in total. The smallest absolute Gasteiger partial charge is 0.242 e. The average Bonchev–Trinajstić information content (AvgIpc) is 2.48. The van der Waals surface area contributed by atoms with Gasteiger partial charge in [-0.3, -0.25) is 13.8 Å². The molecule has 1 amide bonds. The highest BCUT2D eigenvalue weighted by Crippen LogP contribution is 2.33. The minimum atomic E-state index is -1.42. The van der Waals surface area contributed by atoms with Crippen LogP contribution >= 0.6 is 0 Å². The fourth-order valence-corrected chi connectivity index (χ4v) is 3.50. The second-order valence-corrected chi connectivity index (χ2v) is 6.35. The van der Waals surface area contributed by atoms with Crippen LogP contribution in [0.15, 0.2) is 23.1 Å². The molecular weight excluding hydrogens is 278 g/mol. The van der Waals surface area contributed by atoms with Gasteiger partial charge in [0, 0.05) is 18.5 Å². The van der Waals surface area contributed by atoms with Crippen LogP contribution in [0, 0.1) is 0 Å². The van der Waals surface area contributed by atoms with Crippen molar-refractivity contribution in [1.29, 1.82) is 0 Å². The molecule has 0 radical (unpaired) electrons. The number of amides is 1. The first-order valence-electron chi connectivity index (χ1n) is 6.51. The number of carbonyl (C=O) groups is 2. The van der Waals surface area contributed by atoms with Crippen molar-refractivity contribution < 1.29 is 18.9 Å². The van der Waals surface area contributed by atoms with E-state index in [1.165, 1.54) is 4.90 Å². The van der Waals surface area contributed by atoms with Crippen molar-refractivity contribution in [2.75, 3.05) is 18.1 Å². The van der Waals surface area contributed by atoms with Crippen molar-refractivity contribution in [3.8, 4) is 0 Å². The molecule has 1 heterocycles. The zero-order valence-corrected chi connectivity index (χ0v) is 12.3. The maximum atomic E-state index is 12.2. The molecule has 0 aromatic heterocycles. The molecule has 1 aliphatic heterocycles. The summed E-state index contributed by atoms with van der Waals surface area (Å²) in [5, 5.41) is 8.46. The summed E-state index contributed by atoms with van der Waals surface area (Å²) >= 11 is 0. The maximum absolute atomic E-state index is 12.2. The van der Waals surface area contributed by atoms with E-state index in [0.717, 1.165) is 0 Å². The lowest BCUT2D eigenvalue weighted by Gasteiger charge is -2.32. The molecule has 20 heavy (non-hydrogen) atoms. The Morgan fingerprint density at radius 2 is 2.15 bits per heavy atom. The van der Waals surface area contributed by atoms with Gasteiger partial charge in [0.05, 0.1) is 28.0 Å². The van der Waals surface area contributed by atoms with E-state index in [4.69, 9.17) is 5.11 Å². The SMILES string of the molecule is CCC(=O)c1ccc2c(c1)N(CCO)C(=O)C(C)S2=O. The van der Waals surface area contributed by atoms with Gasteiger partial charge >= 0.3 is 0 Å². The Hall–Kier alpha value is -1.53. The van der Waals surface area contributed by atoms with Gasteiger partial charge in [-0.1, -0.05) is 13.0 Å². The molecule has 2 unspecified atom stereocenters. The summed E-state index contributed by atoms with van der Waals surface area (Å²) in [4.78, 5) is 25.9. The van der Waals surface area contributed by atoms with E-state index in [0.29, 0.717) is 22.6 Å². The first-order chi connectivity index (χ1) is 9.51. The number of hydrogen-bond donors (Lipinski definition) is 1. The number of fused-ring (bicyclic) bond motifs is 1. The summed E-state index contributed by atoms with van der Waals surface area (Å²) in [6.45, 7) is 3.32. The summed E-state index contributed by atoms with van der Waals surface area (Å²) < 4.78 is 12.2. The number of rotatable bonds is 4. The zero-order chi connectivity index (χ0) is 14.9. The van der Waals surface area contributed by atoms with Crippen LogP contribution in [-0.2, 0) is 15.6 Å². The molecule has 0 aliphatic carbocycles. The number of ketones is 1. The summed E-state index contributed by atoms with van der Waals surface area (Å²) in [5.74, 6) is -0.320. The lowest BCUT2D eigenvalue weighted by Crippen LogP contribution is -2.45. The Kier molecular flexibility index (Phi) is 4.35. The molecule has 0 spiro atoms. The number of hydrogen-bond acceptors (Lipinski definition) is 4. The minimum Gasteiger partial charge on any atom is -0.395 e. The molecular formula is C14H17NO4S. The second kappa shape index (κ2) is 5.85. The second-order valence-electron chi connectivity index (χ2n) is 4.61. The van der Waals surface area contributed by atoms with E-state index in [-0.39, 0.29) is 24.8 Å². The fourth-order valence-electron chi connectivity index (χ4n) is 2.23. The van der Waals surface area contributed by atoms with Crippen molar-refractivity contribution in [2.45, 2.75) is 30.4 Å². The molecule has 1 aromatic rings. The predicted molar refractivity (Wildman–Crippen MR) is 76.4 cm³/mol. The van der Waals surface area contributed by atoms with Gasteiger partial charge in [-0.25, -0.2) is 0 Å². The number of Topliss-reactive ketones (excluding diaryl/α,β-unsaturated/α-hetero) is 1. The number of aliphatic hydroxyl groups is 1. The molecule has 2 atom stereocenters. The molecule has 0 bridgehead atoms. The highest BCUT2D eigenvalue weighted by molar-refractivity contribution is 7.86. The van der Waals surface area contributed by atoms with Crippen molar-refractivity contribution in [3.63, 3.8) is 0 Å². The van der Waals surface area contributed by atoms with Crippen molar-refractivity contribution in [1.82, 2.24) is 0 Å². The van der Waals surface area contributed by atoms with Crippen LogP contribution in [-0.4, -0.2) is 39.4 Å². The standard InChI is InChI=1S/C14H17NO4S/c1-3-12(17)10-4-5-13-11(8-10)15(6-7-16)14(18)9(2)20(13)19/h4-5,8-9,16H,3,6-7H2,1-2H3. The third kappa shape index (κ3) is 2.41. The third-order valence-corrected chi connectivity index (χ3v) is 4.99. The van der Waals surface area contributed by atoms with Gasteiger partial charge in [0.25, 0.3) is 0 Å². The van der Waals surface area contributed by atoms with E-state index in [2.05, 4.69) is 0 Å². The molecule has 6 heteroatoms. The van der Waals surface area contributed by atoms with E-state index in [9.17, 15) is 13.8 Å². The van der Waals surface area contributed by atoms with Crippen molar-refractivity contribution >= 4 is 28.2 Å². The first-order valence-corrected chi connectivity index (χ1v) is 7.72. The molecule has 0 saturated carbocycles. The van der Waals surface area contributed by atoms with E-state index >= 15 is 0 Å². The number of nitrogens with zero attached hydrogens (tertiary/aromatic N) is 1. The topological polar surface area (TPSA) is 74.7 Å². The Morgan fingerprint density at radius 3 is 2.75 bits per heavy atom. The quantitative estimate of drug-likeness (QED) is 0.845. The number of anilines is 1. The summed E-state index contributed by atoms with van der Waals surface area (Å²) in [6, 6.07) is 4.88. The minimum absolute atomic E-state index is 0.0337. The normalized spacial score (nSPS) is 21.8. The van der Waals surface area contributed by atoms with Gasteiger partial charge in [0.15, 0.2) is 5.78 Å². The molecule has 1 aliphatic rings. The van der Waals surface area contributed by atoms with Gasteiger partial charge in [0.1, 0.15) is 5.25 Å². The van der Waals surface area contributed by atoms with E-state index in [1.807, 2.05) is 0 Å². The van der Waals surface area contributed by atoms with Crippen LogP contribution in [0.3, 0.4) is 0 Å². The van der Waals surface area contributed by atoms with Crippen LogP contribution < -0.4 is 4.90 Å². The van der Waals surface area contributed by atoms with Gasteiger partial charge in [-0.15, -0.1) is 0 Å². The van der Waals surface area contributed by atoms with Gasteiger partial charge in [-0.2, -0.15) is 0 Å². The number of β-amino-alcohol motifs (C(OH)–C–C–N with tert-alkyl or cyclic N) is 1. The Bertz CT molecular complexity index is 585. The van der Waals surface area contributed by atoms with Gasteiger partial charge < -0.3 is 10.0 Å². The van der Waals surface area contributed by atoms with Gasteiger partial charge in [0.2, 0.25) is 5.91 Å². The van der Waals surface area contributed by atoms with Crippen LogP contribution in [0.25, 0.3) is 0 Å². The third-order valence-electron chi connectivity index (χ3n) is 3.37. The number of carbonyl (C=O) groups excluding carboxylic acids is 2. The predicted octanol–water partition coefficient (Wildman–Crippen LogP) is 1.11. The van der Waals surface area contributed by atoms with Gasteiger partial charge in [-0.05, 0) is 19.1 Å². The Balaban J connectivity index is 2.56. The molecule has 0 fully saturated rings. The van der Waals surface area contributed by atoms with Crippen molar-refractivity contribution in [2.24, 2.45) is 0 Å².